The number of carbonyl (C=O) groups excluding carboxylic acids is 1. The quantitative estimate of drug-likeness (QED) is 0.590. The molecule has 2 N–H and O–H groups in total. The van der Waals surface area contributed by atoms with Gasteiger partial charge in [0, 0.05) is 36.0 Å². The SMILES string of the molecule is CNC(=O)c1ncc2[nH]c3ccc(-c4ccccc4)cc3c2c1COC. The molecule has 2 heterocycles. The molecule has 0 unspecified atom stereocenters. The van der Waals surface area contributed by atoms with Crippen molar-refractivity contribution in [1.29, 1.82) is 0 Å². The third-order valence-corrected chi connectivity index (χ3v) is 4.58. The lowest BCUT2D eigenvalue weighted by Crippen LogP contribution is -2.21. The number of hydrogen-bond donors (Lipinski definition) is 2. The van der Waals surface area contributed by atoms with Crippen molar-refractivity contribution in [2.24, 2.45) is 0 Å². The van der Waals surface area contributed by atoms with Gasteiger partial charge in [0.2, 0.25) is 0 Å². The normalized spacial score (nSPS) is 11.2. The Morgan fingerprint density at radius 3 is 2.65 bits per heavy atom. The molecule has 0 radical (unpaired) electrons. The summed E-state index contributed by atoms with van der Waals surface area (Å²) in [5.74, 6) is -0.215. The van der Waals surface area contributed by atoms with E-state index in [0.29, 0.717) is 12.3 Å². The topological polar surface area (TPSA) is 67.0 Å². The maximum Gasteiger partial charge on any atom is 0.270 e. The van der Waals surface area contributed by atoms with Gasteiger partial charge in [-0.15, -0.1) is 0 Å². The largest absolute Gasteiger partial charge is 0.380 e. The number of carbonyl (C=O) groups is 1. The second-order valence-electron chi connectivity index (χ2n) is 6.14. The molecule has 0 saturated carbocycles. The average molecular weight is 345 g/mol. The first-order chi connectivity index (χ1) is 12.7. The summed E-state index contributed by atoms with van der Waals surface area (Å²) in [6, 6.07) is 16.5. The highest BCUT2D eigenvalue weighted by atomic mass is 16.5. The van der Waals surface area contributed by atoms with Crippen LogP contribution in [0.3, 0.4) is 0 Å². The number of pyridine rings is 1. The molecule has 0 spiro atoms. The van der Waals surface area contributed by atoms with E-state index in [0.717, 1.165) is 38.5 Å². The second kappa shape index (κ2) is 6.61. The Hall–Kier alpha value is -3.18. The Kier molecular flexibility index (Phi) is 4.14. The van der Waals surface area contributed by atoms with Crippen LogP contribution in [0.1, 0.15) is 16.1 Å². The minimum absolute atomic E-state index is 0.215. The van der Waals surface area contributed by atoms with Crippen molar-refractivity contribution < 1.29 is 9.53 Å². The molecule has 26 heavy (non-hydrogen) atoms. The lowest BCUT2D eigenvalue weighted by Gasteiger charge is -2.09. The number of nitrogens with one attached hydrogen (secondary N) is 2. The fourth-order valence-corrected chi connectivity index (χ4v) is 3.37. The lowest BCUT2D eigenvalue weighted by atomic mass is 10.0. The summed E-state index contributed by atoms with van der Waals surface area (Å²) in [4.78, 5) is 20.0. The lowest BCUT2D eigenvalue weighted by molar-refractivity contribution is 0.0953. The maximum absolute atomic E-state index is 12.3. The molecule has 2 aromatic heterocycles. The predicted octanol–water partition coefficient (Wildman–Crippen LogP) is 3.89. The highest BCUT2D eigenvalue weighted by Gasteiger charge is 2.18. The molecule has 0 aliphatic carbocycles. The average Bonchev–Trinajstić information content (AvgIpc) is 3.06. The van der Waals surface area contributed by atoms with Gasteiger partial charge in [-0.25, -0.2) is 4.98 Å². The molecule has 4 aromatic rings. The minimum atomic E-state index is -0.215. The number of rotatable bonds is 4. The highest BCUT2D eigenvalue weighted by Crippen LogP contribution is 2.33. The molecule has 5 heteroatoms. The second-order valence-corrected chi connectivity index (χ2v) is 6.14. The first kappa shape index (κ1) is 16.3. The van der Waals surface area contributed by atoms with Crippen LogP contribution in [-0.4, -0.2) is 30.0 Å². The van der Waals surface area contributed by atoms with Gasteiger partial charge < -0.3 is 15.0 Å². The summed E-state index contributed by atoms with van der Waals surface area (Å²) in [5.41, 5.74) is 5.37. The van der Waals surface area contributed by atoms with Crippen LogP contribution in [-0.2, 0) is 11.3 Å². The number of aromatic nitrogens is 2. The molecule has 0 atom stereocenters. The Bertz CT molecular complexity index is 1100. The van der Waals surface area contributed by atoms with Gasteiger partial charge in [0.15, 0.2) is 0 Å². The van der Waals surface area contributed by atoms with Crippen LogP contribution >= 0.6 is 0 Å². The van der Waals surface area contributed by atoms with Gasteiger partial charge in [-0.2, -0.15) is 0 Å². The summed E-state index contributed by atoms with van der Waals surface area (Å²) in [6.07, 6.45) is 1.71. The molecule has 2 aromatic carbocycles. The number of ether oxygens (including phenoxy) is 1. The number of nitrogens with zero attached hydrogens (tertiary/aromatic N) is 1. The van der Waals surface area contributed by atoms with E-state index < -0.39 is 0 Å². The van der Waals surface area contributed by atoms with Crippen molar-refractivity contribution in [1.82, 2.24) is 15.3 Å². The van der Waals surface area contributed by atoms with Crippen LogP contribution in [0.15, 0.2) is 54.7 Å². The van der Waals surface area contributed by atoms with Crippen molar-refractivity contribution in [3.8, 4) is 11.1 Å². The monoisotopic (exact) mass is 345 g/mol. The molecule has 4 rings (SSSR count). The zero-order valence-corrected chi connectivity index (χ0v) is 14.7. The molecule has 0 fully saturated rings. The Balaban J connectivity index is 2.02. The molecule has 5 nitrogen and oxygen atoms in total. The van der Waals surface area contributed by atoms with Crippen molar-refractivity contribution >= 4 is 27.7 Å². The van der Waals surface area contributed by atoms with E-state index in [1.165, 1.54) is 0 Å². The third kappa shape index (κ3) is 2.62. The van der Waals surface area contributed by atoms with Crippen molar-refractivity contribution in [2.45, 2.75) is 6.61 Å². The molecule has 0 saturated heterocycles. The Labute approximate surface area is 151 Å². The zero-order valence-electron chi connectivity index (χ0n) is 14.7. The number of benzene rings is 2. The van der Waals surface area contributed by atoms with Gasteiger partial charge >= 0.3 is 0 Å². The van der Waals surface area contributed by atoms with E-state index in [1.54, 1.807) is 20.4 Å². The third-order valence-electron chi connectivity index (χ3n) is 4.58. The van der Waals surface area contributed by atoms with Crippen LogP contribution in [0.4, 0.5) is 0 Å². The summed E-state index contributed by atoms with van der Waals surface area (Å²) in [5, 5.41) is 4.69. The molecular formula is C21H19N3O2. The van der Waals surface area contributed by atoms with Crippen LogP contribution in [0, 0.1) is 0 Å². The molecule has 0 aliphatic rings. The number of amides is 1. The summed E-state index contributed by atoms with van der Waals surface area (Å²) in [7, 11) is 3.23. The van der Waals surface area contributed by atoms with Gasteiger partial charge in [0.05, 0.1) is 18.3 Å². The fourth-order valence-electron chi connectivity index (χ4n) is 3.37. The van der Waals surface area contributed by atoms with Gasteiger partial charge in [-0.05, 0) is 23.3 Å². The van der Waals surface area contributed by atoms with E-state index in [4.69, 9.17) is 4.74 Å². The summed E-state index contributed by atoms with van der Waals surface area (Å²) >= 11 is 0. The zero-order chi connectivity index (χ0) is 18.1. The maximum atomic E-state index is 12.3. The number of fused-ring (bicyclic) bond motifs is 3. The molecule has 0 aliphatic heterocycles. The molecule has 0 bridgehead atoms. The Morgan fingerprint density at radius 1 is 1.12 bits per heavy atom. The smallest absolute Gasteiger partial charge is 0.270 e. The van der Waals surface area contributed by atoms with E-state index in [-0.39, 0.29) is 5.91 Å². The van der Waals surface area contributed by atoms with Gasteiger partial charge in [-0.1, -0.05) is 36.4 Å². The number of H-pyrrole nitrogens is 1. The van der Waals surface area contributed by atoms with E-state index in [1.807, 2.05) is 18.2 Å². The summed E-state index contributed by atoms with van der Waals surface area (Å²) in [6.45, 7) is 0.315. The van der Waals surface area contributed by atoms with Gasteiger partial charge in [-0.3, -0.25) is 4.79 Å². The standard InChI is InChI=1S/C21H19N3O2/c1-22-21(25)20-16(12-26-2)19-15-10-14(13-6-4-3-5-7-13)8-9-17(15)24-18(19)11-23-20/h3-11,24H,12H2,1-2H3,(H,22,25). The molecular weight excluding hydrogens is 326 g/mol. The highest BCUT2D eigenvalue weighted by molar-refractivity contribution is 6.12. The molecule has 1 amide bonds. The van der Waals surface area contributed by atoms with Gasteiger partial charge in [0.1, 0.15) is 5.69 Å². The predicted molar refractivity (Wildman–Crippen MR) is 103 cm³/mol. The van der Waals surface area contributed by atoms with Gasteiger partial charge in [0.25, 0.3) is 5.91 Å². The van der Waals surface area contributed by atoms with Crippen LogP contribution < -0.4 is 5.32 Å². The Morgan fingerprint density at radius 2 is 1.92 bits per heavy atom. The van der Waals surface area contributed by atoms with E-state index in [9.17, 15) is 4.79 Å². The van der Waals surface area contributed by atoms with E-state index >= 15 is 0 Å². The summed E-state index contributed by atoms with van der Waals surface area (Å²) < 4.78 is 5.37. The number of aromatic amines is 1. The van der Waals surface area contributed by atoms with Crippen LogP contribution in [0.5, 0.6) is 0 Å². The van der Waals surface area contributed by atoms with Crippen molar-refractivity contribution in [2.75, 3.05) is 14.2 Å². The van der Waals surface area contributed by atoms with Crippen LogP contribution in [0.2, 0.25) is 0 Å². The number of methoxy groups -OCH3 is 1. The first-order valence-electron chi connectivity index (χ1n) is 8.42. The van der Waals surface area contributed by atoms with Crippen molar-refractivity contribution in [3.05, 3.63) is 66.0 Å². The number of hydrogen-bond acceptors (Lipinski definition) is 3. The minimum Gasteiger partial charge on any atom is -0.380 e. The fraction of sp³-hybridized carbons (Fsp3) is 0.143. The first-order valence-corrected chi connectivity index (χ1v) is 8.42. The van der Waals surface area contributed by atoms with E-state index in [2.05, 4.69) is 45.6 Å². The van der Waals surface area contributed by atoms with Crippen molar-refractivity contribution in [3.63, 3.8) is 0 Å². The van der Waals surface area contributed by atoms with Crippen LogP contribution in [0.25, 0.3) is 32.9 Å². The molecule has 130 valence electrons.